The molecular weight excluding hydrogens is 307 g/mol. The fourth-order valence-electron chi connectivity index (χ4n) is 2.85. The molecule has 3 aromatic rings. The van der Waals surface area contributed by atoms with Crippen LogP contribution in [0.25, 0.3) is 11.0 Å². The van der Waals surface area contributed by atoms with Crippen LogP contribution >= 0.6 is 0 Å². The molecule has 3 nitrogen and oxygen atoms in total. The second-order valence-electron chi connectivity index (χ2n) is 5.67. The average molecular weight is 320 g/mol. The molecule has 25 heavy (non-hydrogen) atoms. The SMILES string of the molecule is [B]c1c([B])c([B])c2c(C(=O)c3ccc(OC)cc3)c(CC)oc2c1[B]. The molecule has 0 N–H and O–H groups in total. The maximum absolute atomic E-state index is 13.1. The first kappa shape index (κ1) is 17.5. The van der Waals surface area contributed by atoms with Gasteiger partial charge in [-0.25, -0.2) is 0 Å². The Morgan fingerprint density at radius 1 is 1.00 bits per heavy atom. The van der Waals surface area contributed by atoms with E-state index >= 15 is 0 Å². The lowest BCUT2D eigenvalue weighted by Gasteiger charge is -2.12. The Morgan fingerprint density at radius 3 is 2.16 bits per heavy atom. The summed E-state index contributed by atoms with van der Waals surface area (Å²) >= 11 is 0. The lowest BCUT2D eigenvalue weighted by Crippen LogP contribution is -2.47. The Balaban J connectivity index is 2.28. The van der Waals surface area contributed by atoms with E-state index in [2.05, 4.69) is 0 Å². The van der Waals surface area contributed by atoms with Crippen molar-refractivity contribution in [3.8, 4) is 5.75 Å². The molecule has 0 aliphatic carbocycles. The van der Waals surface area contributed by atoms with Crippen LogP contribution in [0.1, 0.15) is 28.6 Å². The molecule has 8 radical (unpaired) electrons. The van der Waals surface area contributed by atoms with Crippen LogP contribution < -0.4 is 26.6 Å². The van der Waals surface area contributed by atoms with E-state index in [1.165, 1.54) is 0 Å². The van der Waals surface area contributed by atoms with Crippen LogP contribution in [0.3, 0.4) is 0 Å². The number of carbonyl (C=O) groups excluding carboxylic acids is 1. The minimum Gasteiger partial charge on any atom is -0.497 e. The molecule has 0 saturated carbocycles. The maximum Gasteiger partial charge on any atom is 0.197 e. The number of rotatable bonds is 4. The number of fused-ring (bicyclic) bond motifs is 1. The monoisotopic (exact) mass is 320 g/mol. The summed E-state index contributed by atoms with van der Waals surface area (Å²) in [7, 11) is 25.5. The van der Waals surface area contributed by atoms with E-state index in [-0.39, 0.29) is 33.2 Å². The normalized spacial score (nSPS) is 11.0. The number of hydrogen-bond donors (Lipinski definition) is 0. The molecular formula is C18H12B4O3. The fraction of sp³-hybridized carbons (Fsp3) is 0.167. The van der Waals surface area contributed by atoms with Gasteiger partial charge < -0.3 is 9.15 Å². The quantitative estimate of drug-likeness (QED) is 0.477. The number of furan rings is 1. The van der Waals surface area contributed by atoms with Crippen molar-refractivity contribution in [1.29, 1.82) is 0 Å². The van der Waals surface area contributed by atoms with Crippen molar-refractivity contribution in [2.24, 2.45) is 0 Å². The van der Waals surface area contributed by atoms with Gasteiger partial charge in [-0.3, -0.25) is 4.79 Å². The minimum atomic E-state index is -0.228. The number of ketones is 1. The highest BCUT2D eigenvalue weighted by Gasteiger charge is 2.24. The van der Waals surface area contributed by atoms with Gasteiger partial charge in [0.05, 0.1) is 12.7 Å². The molecule has 3 rings (SSSR count). The molecule has 7 heteroatoms. The molecule has 0 unspecified atom stereocenters. The third-order valence-corrected chi connectivity index (χ3v) is 4.27. The van der Waals surface area contributed by atoms with Crippen LogP contribution in [0, 0.1) is 0 Å². The predicted octanol–water partition coefficient (Wildman–Crippen LogP) is -0.590. The molecule has 0 spiro atoms. The maximum atomic E-state index is 13.1. The smallest absolute Gasteiger partial charge is 0.197 e. The zero-order valence-corrected chi connectivity index (χ0v) is 14.1. The molecule has 0 fully saturated rings. The average Bonchev–Trinajstić information content (AvgIpc) is 3.04. The Hall–Kier alpha value is -2.29. The first-order chi connectivity index (χ1) is 11.9. The van der Waals surface area contributed by atoms with E-state index < -0.39 is 0 Å². The molecule has 0 aliphatic heterocycles. The van der Waals surface area contributed by atoms with E-state index in [1.54, 1.807) is 31.4 Å². The molecule has 0 aliphatic rings. The van der Waals surface area contributed by atoms with E-state index in [0.29, 0.717) is 34.4 Å². The Morgan fingerprint density at radius 2 is 1.60 bits per heavy atom. The summed E-state index contributed by atoms with van der Waals surface area (Å²) in [4.78, 5) is 13.1. The minimum absolute atomic E-state index is 0.150. The number of hydrogen-bond acceptors (Lipinski definition) is 3. The van der Waals surface area contributed by atoms with Gasteiger partial charge in [0.2, 0.25) is 0 Å². The molecule has 0 bridgehead atoms. The Bertz CT molecular complexity index is 975. The summed E-state index contributed by atoms with van der Waals surface area (Å²) in [6.45, 7) is 1.88. The van der Waals surface area contributed by atoms with Crippen molar-refractivity contribution in [3.05, 3.63) is 41.2 Å². The van der Waals surface area contributed by atoms with Crippen LogP contribution in [-0.2, 0) is 6.42 Å². The van der Waals surface area contributed by atoms with Crippen molar-refractivity contribution in [2.75, 3.05) is 7.11 Å². The highest BCUT2D eigenvalue weighted by molar-refractivity contribution is 6.66. The fourth-order valence-corrected chi connectivity index (χ4v) is 2.85. The van der Waals surface area contributed by atoms with E-state index in [0.717, 1.165) is 0 Å². The summed E-state index contributed by atoms with van der Waals surface area (Å²) in [6.07, 6.45) is 0.491. The molecule has 0 amide bonds. The first-order valence-electron chi connectivity index (χ1n) is 7.76. The van der Waals surface area contributed by atoms with Gasteiger partial charge in [0.15, 0.2) is 5.78 Å². The second-order valence-corrected chi connectivity index (χ2v) is 5.67. The van der Waals surface area contributed by atoms with Gasteiger partial charge in [-0.2, -0.15) is 0 Å². The van der Waals surface area contributed by atoms with E-state index in [1.807, 2.05) is 6.92 Å². The molecule has 2 aromatic carbocycles. The number of carbonyl (C=O) groups is 1. The lowest BCUT2D eigenvalue weighted by atomic mass is 9.65. The zero-order chi connectivity index (χ0) is 18.3. The number of benzene rings is 2. The van der Waals surface area contributed by atoms with Gasteiger partial charge in [-0.15, -0.1) is 10.9 Å². The van der Waals surface area contributed by atoms with Gasteiger partial charge in [-0.05, 0) is 24.3 Å². The number of ether oxygens (including phenoxy) is 1. The Kier molecular flexibility index (Phi) is 4.59. The Labute approximate surface area is 151 Å². The number of methoxy groups -OCH3 is 1. The van der Waals surface area contributed by atoms with Gasteiger partial charge in [0.25, 0.3) is 0 Å². The summed E-state index contributed by atoms with van der Waals surface area (Å²) in [5, 5.41) is 0.405. The van der Waals surface area contributed by atoms with Crippen molar-refractivity contribution in [1.82, 2.24) is 0 Å². The summed E-state index contributed by atoms with van der Waals surface area (Å²) < 4.78 is 10.9. The third-order valence-electron chi connectivity index (χ3n) is 4.27. The van der Waals surface area contributed by atoms with Crippen molar-refractivity contribution < 1.29 is 13.9 Å². The zero-order valence-electron chi connectivity index (χ0n) is 14.1. The van der Waals surface area contributed by atoms with Crippen LogP contribution in [-0.4, -0.2) is 44.3 Å². The van der Waals surface area contributed by atoms with Crippen LogP contribution in [0.2, 0.25) is 0 Å². The van der Waals surface area contributed by atoms with Crippen molar-refractivity contribution in [3.63, 3.8) is 0 Å². The lowest BCUT2D eigenvalue weighted by molar-refractivity contribution is 0.103. The summed E-state index contributed by atoms with van der Waals surface area (Å²) in [6, 6.07) is 6.79. The van der Waals surface area contributed by atoms with Crippen molar-refractivity contribution in [2.45, 2.75) is 13.3 Å². The van der Waals surface area contributed by atoms with Gasteiger partial charge in [-0.1, -0.05) is 17.8 Å². The number of aryl methyl sites for hydroxylation is 1. The van der Waals surface area contributed by atoms with Crippen LogP contribution in [0.4, 0.5) is 0 Å². The largest absolute Gasteiger partial charge is 0.497 e. The highest BCUT2D eigenvalue weighted by atomic mass is 16.5. The first-order valence-corrected chi connectivity index (χ1v) is 7.76. The van der Waals surface area contributed by atoms with Gasteiger partial charge in [0.1, 0.15) is 48.5 Å². The van der Waals surface area contributed by atoms with Crippen LogP contribution in [0.15, 0.2) is 28.7 Å². The standard InChI is InChI=1S/C18H12B4O3/c1-3-10-11(17(23)8-4-6-9(24-2)7-5-8)12-13(19)14(20)15(21)16(22)18(12)25-10/h4-7H,3H2,1-2H3. The van der Waals surface area contributed by atoms with E-state index in [4.69, 9.17) is 40.5 Å². The molecule has 114 valence electrons. The van der Waals surface area contributed by atoms with Gasteiger partial charge in [0, 0.05) is 17.4 Å². The molecule has 1 aromatic heterocycles. The molecule has 0 saturated heterocycles. The topological polar surface area (TPSA) is 39.4 Å². The van der Waals surface area contributed by atoms with E-state index in [9.17, 15) is 4.79 Å². The predicted molar refractivity (Wildman–Crippen MR) is 104 cm³/mol. The summed E-state index contributed by atoms with van der Waals surface area (Å²) in [5.41, 5.74) is 1.82. The molecule has 0 atom stereocenters. The van der Waals surface area contributed by atoms with Gasteiger partial charge >= 0.3 is 0 Å². The second kappa shape index (κ2) is 6.55. The summed E-state index contributed by atoms with van der Waals surface area (Å²) in [5.74, 6) is 0.915. The van der Waals surface area contributed by atoms with Crippen LogP contribution in [0.5, 0.6) is 5.75 Å². The van der Waals surface area contributed by atoms with Crippen molar-refractivity contribution >= 4 is 70.0 Å². The highest BCUT2D eigenvalue weighted by Crippen LogP contribution is 2.26. The third kappa shape index (κ3) is 2.72. The molecule has 1 heterocycles.